The van der Waals surface area contributed by atoms with E-state index in [9.17, 15) is 8.42 Å². The van der Waals surface area contributed by atoms with E-state index in [1.807, 2.05) is 80.6 Å². The van der Waals surface area contributed by atoms with Gasteiger partial charge in [-0.2, -0.15) is 0 Å². The van der Waals surface area contributed by atoms with Crippen molar-refractivity contribution in [2.24, 2.45) is 5.14 Å². The number of hydrogen-bond donors (Lipinski definition) is 2. The monoisotopic (exact) mass is 496 g/mol. The molecule has 0 amide bonds. The number of fused-ring (bicyclic) bond motifs is 1. The first kappa shape index (κ1) is 23.5. The second-order valence-corrected chi connectivity index (χ2v) is 10.5. The number of hydrogen-bond acceptors (Lipinski definition) is 7. The molecule has 0 spiro atoms. The smallest absolute Gasteiger partial charge is 0.239 e. The SMILES string of the molecule is CC(C)(Nc1nnc(-c2cncc(S(N)(=O)=O)c2)c2cccc(-c3ccccc3)c12)c1ccccn1. The lowest BCUT2D eigenvalue weighted by atomic mass is 9.95. The third-order valence-corrected chi connectivity index (χ3v) is 6.82. The number of rotatable bonds is 6. The van der Waals surface area contributed by atoms with Gasteiger partial charge in [0, 0.05) is 34.9 Å². The van der Waals surface area contributed by atoms with Crippen LogP contribution in [-0.4, -0.2) is 28.6 Å². The van der Waals surface area contributed by atoms with Crippen molar-refractivity contribution in [3.05, 3.63) is 97.1 Å². The summed E-state index contributed by atoms with van der Waals surface area (Å²) >= 11 is 0. The lowest BCUT2D eigenvalue weighted by molar-refractivity contribution is 0.584. The number of primary sulfonamides is 1. The molecule has 3 N–H and O–H groups in total. The Balaban J connectivity index is 1.76. The topological polar surface area (TPSA) is 124 Å². The van der Waals surface area contributed by atoms with Crippen LogP contribution in [0.4, 0.5) is 5.82 Å². The van der Waals surface area contributed by atoms with E-state index in [0.717, 1.165) is 27.6 Å². The Labute approximate surface area is 209 Å². The van der Waals surface area contributed by atoms with Gasteiger partial charge in [-0.25, -0.2) is 13.6 Å². The summed E-state index contributed by atoms with van der Waals surface area (Å²) in [5, 5.41) is 19.6. The van der Waals surface area contributed by atoms with Crippen LogP contribution < -0.4 is 10.5 Å². The molecule has 0 unspecified atom stereocenters. The average molecular weight is 497 g/mol. The molecule has 0 fully saturated rings. The van der Waals surface area contributed by atoms with Crippen molar-refractivity contribution in [2.45, 2.75) is 24.3 Å². The van der Waals surface area contributed by atoms with E-state index in [0.29, 0.717) is 17.1 Å². The maximum Gasteiger partial charge on any atom is 0.239 e. The van der Waals surface area contributed by atoms with Crippen LogP contribution in [0, 0.1) is 0 Å². The second kappa shape index (κ2) is 9.10. The summed E-state index contributed by atoms with van der Waals surface area (Å²) < 4.78 is 23.9. The van der Waals surface area contributed by atoms with Crippen LogP contribution in [0.15, 0.2) is 96.3 Å². The van der Waals surface area contributed by atoms with Crippen molar-refractivity contribution in [1.82, 2.24) is 20.2 Å². The molecule has 3 heterocycles. The minimum absolute atomic E-state index is 0.0901. The third-order valence-electron chi connectivity index (χ3n) is 5.94. The van der Waals surface area contributed by atoms with E-state index in [1.54, 1.807) is 12.4 Å². The molecule has 36 heavy (non-hydrogen) atoms. The first-order valence-electron chi connectivity index (χ1n) is 11.3. The molecule has 0 aliphatic carbocycles. The molecule has 180 valence electrons. The fourth-order valence-electron chi connectivity index (χ4n) is 4.16. The van der Waals surface area contributed by atoms with Crippen molar-refractivity contribution >= 4 is 26.6 Å². The predicted octanol–water partition coefficient (Wildman–Crippen LogP) is 4.75. The number of benzene rings is 2. The highest BCUT2D eigenvalue weighted by molar-refractivity contribution is 7.89. The summed E-state index contributed by atoms with van der Waals surface area (Å²) in [5.74, 6) is 0.583. The molecule has 0 atom stereocenters. The van der Waals surface area contributed by atoms with Gasteiger partial charge in [-0.15, -0.1) is 10.2 Å². The highest BCUT2D eigenvalue weighted by Crippen LogP contribution is 2.38. The average Bonchev–Trinajstić information content (AvgIpc) is 2.89. The standard InChI is InChI=1S/C27H24N6O2S/c1-27(2,23-13-6-7-14-30-23)31-26-24-21(18-9-4-3-5-10-18)11-8-12-22(24)25(32-33-26)19-15-20(17-29-16-19)36(28,34)35/h3-17H,1-2H3,(H,31,33)(H2,28,34,35). The maximum atomic E-state index is 12.0. The number of nitrogens with one attached hydrogen (secondary N) is 1. The zero-order valence-corrected chi connectivity index (χ0v) is 20.6. The van der Waals surface area contributed by atoms with E-state index in [-0.39, 0.29) is 4.90 Å². The van der Waals surface area contributed by atoms with E-state index >= 15 is 0 Å². The minimum atomic E-state index is -3.93. The van der Waals surface area contributed by atoms with Gasteiger partial charge in [-0.05, 0) is 43.2 Å². The number of pyridine rings is 2. The maximum absolute atomic E-state index is 12.0. The van der Waals surface area contributed by atoms with E-state index in [2.05, 4.69) is 25.5 Å². The van der Waals surface area contributed by atoms with Crippen LogP contribution in [0.3, 0.4) is 0 Å². The van der Waals surface area contributed by atoms with Crippen LogP contribution in [0.2, 0.25) is 0 Å². The van der Waals surface area contributed by atoms with Crippen LogP contribution in [0.5, 0.6) is 0 Å². The van der Waals surface area contributed by atoms with Crippen molar-refractivity contribution in [1.29, 1.82) is 0 Å². The number of aromatic nitrogens is 4. The molecular formula is C27H24N6O2S. The van der Waals surface area contributed by atoms with Crippen LogP contribution in [0.25, 0.3) is 33.2 Å². The zero-order chi connectivity index (χ0) is 25.3. The lowest BCUT2D eigenvalue weighted by Gasteiger charge is -2.27. The summed E-state index contributed by atoms with van der Waals surface area (Å²) in [4.78, 5) is 8.51. The zero-order valence-electron chi connectivity index (χ0n) is 19.8. The molecule has 0 aliphatic heterocycles. The molecule has 0 bridgehead atoms. The van der Waals surface area contributed by atoms with Crippen molar-refractivity contribution in [3.63, 3.8) is 0 Å². The van der Waals surface area contributed by atoms with Gasteiger partial charge in [0.1, 0.15) is 10.6 Å². The number of nitrogens with zero attached hydrogens (tertiary/aromatic N) is 4. The third kappa shape index (κ3) is 4.53. The predicted molar refractivity (Wildman–Crippen MR) is 140 cm³/mol. The van der Waals surface area contributed by atoms with E-state index < -0.39 is 15.6 Å². The highest BCUT2D eigenvalue weighted by Gasteiger charge is 2.25. The van der Waals surface area contributed by atoms with Gasteiger partial charge in [0.25, 0.3) is 0 Å². The molecule has 8 nitrogen and oxygen atoms in total. The second-order valence-electron chi connectivity index (χ2n) is 8.91. The summed E-state index contributed by atoms with van der Waals surface area (Å²) in [6, 6.07) is 23.1. The summed E-state index contributed by atoms with van der Waals surface area (Å²) in [7, 11) is -3.93. The quantitative estimate of drug-likeness (QED) is 0.348. The Morgan fingerprint density at radius 2 is 1.64 bits per heavy atom. The Bertz CT molecular complexity index is 1660. The summed E-state index contributed by atoms with van der Waals surface area (Å²) in [6.07, 6.45) is 4.53. The molecule has 2 aromatic carbocycles. The Morgan fingerprint density at radius 1 is 0.861 bits per heavy atom. The molecule has 0 radical (unpaired) electrons. The molecule has 0 saturated heterocycles. The molecule has 9 heteroatoms. The van der Waals surface area contributed by atoms with Crippen molar-refractivity contribution in [3.8, 4) is 22.4 Å². The van der Waals surface area contributed by atoms with Gasteiger partial charge < -0.3 is 5.32 Å². The minimum Gasteiger partial charge on any atom is -0.358 e. The fourth-order valence-corrected chi connectivity index (χ4v) is 4.66. The Kier molecular flexibility index (Phi) is 5.95. The van der Waals surface area contributed by atoms with E-state index in [1.165, 1.54) is 12.3 Å². The van der Waals surface area contributed by atoms with Gasteiger partial charge >= 0.3 is 0 Å². The van der Waals surface area contributed by atoms with Crippen LogP contribution in [0.1, 0.15) is 19.5 Å². The Morgan fingerprint density at radius 3 is 2.36 bits per heavy atom. The van der Waals surface area contributed by atoms with Gasteiger partial charge in [0.15, 0.2) is 5.82 Å². The molecule has 0 aliphatic rings. The van der Waals surface area contributed by atoms with Gasteiger partial charge in [0.05, 0.1) is 11.2 Å². The number of anilines is 1. The fraction of sp³-hybridized carbons (Fsp3) is 0.111. The molecule has 5 aromatic rings. The normalized spacial score (nSPS) is 12.0. The molecule has 3 aromatic heterocycles. The van der Waals surface area contributed by atoms with Crippen molar-refractivity contribution < 1.29 is 8.42 Å². The number of sulfonamides is 1. The highest BCUT2D eigenvalue weighted by atomic mass is 32.2. The van der Waals surface area contributed by atoms with Gasteiger partial charge in [0.2, 0.25) is 10.0 Å². The molecular weight excluding hydrogens is 472 g/mol. The van der Waals surface area contributed by atoms with E-state index in [4.69, 9.17) is 5.14 Å². The van der Waals surface area contributed by atoms with Gasteiger partial charge in [-0.3, -0.25) is 9.97 Å². The lowest BCUT2D eigenvalue weighted by Crippen LogP contribution is -2.29. The largest absolute Gasteiger partial charge is 0.358 e. The number of nitrogens with two attached hydrogens (primary N) is 1. The molecule has 5 rings (SSSR count). The summed E-state index contributed by atoms with van der Waals surface area (Å²) in [6.45, 7) is 4.06. The molecule has 0 saturated carbocycles. The first-order chi connectivity index (χ1) is 17.2. The summed E-state index contributed by atoms with van der Waals surface area (Å²) in [5.41, 5.74) is 3.27. The van der Waals surface area contributed by atoms with Crippen LogP contribution >= 0.6 is 0 Å². The van der Waals surface area contributed by atoms with Crippen molar-refractivity contribution in [2.75, 3.05) is 5.32 Å². The first-order valence-corrected chi connectivity index (χ1v) is 12.8. The van der Waals surface area contributed by atoms with Crippen LogP contribution in [-0.2, 0) is 15.6 Å². The Hall–Kier alpha value is -4.21. The van der Waals surface area contributed by atoms with Gasteiger partial charge in [-0.1, -0.05) is 54.6 Å².